The van der Waals surface area contributed by atoms with E-state index in [2.05, 4.69) is 17.6 Å². The number of amides is 3. The molecular formula is C26H43N3O5. The quantitative estimate of drug-likeness (QED) is 0.398. The second-order valence-electron chi connectivity index (χ2n) is 9.78. The molecule has 0 saturated carbocycles. The van der Waals surface area contributed by atoms with Crippen molar-refractivity contribution in [1.29, 1.82) is 0 Å². The summed E-state index contributed by atoms with van der Waals surface area (Å²) in [5, 5.41) is 15.3. The van der Waals surface area contributed by atoms with Gasteiger partial charge >= 0.3 is 6.09 Å². The third-order valence-corrected chi connectivity index (χ3v) is 5.15. The number of benzene rings is 1. The lowest BCUT2D eigenvalue weighted by molar-refractivity contribution is -0.143. The number of aliphatic hydroxyl groups is 1. The Bertz CT molecular complexity index is 787. The van der Waals surface area contributed by atoms with Crippen LogP contribution in [0.15, 0.2) is 24.3 Å². The van der Waals surface area contributed by atoms with Crippen molar-refractivity contribution in [2.24, 2.45) is 0 Å². The van der Waals surface area contributed by atoms with Crippen LogP contribution in [0.4, 0.5) is 4.79 Å². The van der Waals surface area contributed by atoms with E-state index in [0.717, 1.165) is 24.8 Å². The Morgan fingerprint density at radius 1 is 1.03 bits per heavy atom. The maximum atomic E-state index is 13.6. The molecule has 0 aliphatic rings. The van der Waals surface area contributed by atoms with Gasteiger partial charge in [0.2, 0.25) is 11.8 Å². The maximum Gasteiger partial charge on any atom is 0.408 e. The number of nitrogens with one attached hydrogen (secondary N) is 2. The highest BCUT2D eigenvalue weighted by Crippen LogP contribution is 2.24. The van der Waals surface area contributed by atoms with Gasteiger partial charge in [0, 0.05) is 12.6 Å². The molecule has 192 valence electrons. The molecular weight excluding hydrogens is 434 g/mol. The molecule has 1 aromatic carbocycles. The van der Waals surface area contributed by atoms with Crippen molar-refractivity contribution in [3.05, 3.63) is 35.4 Å². The van der Waals surface area contributed by atoms with E-state index in [-0.39, 0.29) is 11.9 Å². The summed E-state index contributed by atoms with van der Waals surface area (Å²) < 4.78 is 5.26. The third-order valence-electron chi connectivity index (χ3n) is 5.15. The Balaban J connectivity index is 3.36. The minimum Gasteiger partial charge on any atom is -0.444 e. The molecule has 0 fully saturated rings. The van der Waals surface area contributed by atoms with Crippen LogP contribution < -0.4 is 10.6 Å². The van der Waals surface area contributed by atoms with Crippen molar-refractivity contribution >= 4 is 17.9 Å². The van der Waals surface area contributed by atoms with Gasteiger partial charge in [-0.05, 0) is 58.6 Å². The van der Waals surface area contributed by atoms with E-state index in [4.69, 9.17) is 4.74 Å². The lowest BCUT2D eigenvalue weighted by atomic mass is 10.00. The average molecular weight is 478 g/mol. The first-order valence-electron chi connectivity index (χ1n) is 12.2. The summed E-state index contributed by atoms with van der Waals surface area (Å²) in [4.78, 5) is 40.7. The van der Waals surface area contributed by atoms with Gasteiger partial charge < -0.3 is 25.4 Å². The molecule has 3 amide bonds. The molecule has 34 heavy (non-hydrogen) atoms. The number of aryl methyl sites for hydroxylation is 1. The molecule has 0 saturated heterocycles. The van der Waals surface area contributed by atoms with E-state index < -0.39 is 36.3 Å². The fraction of sp³-hybridized carbons (Fsp3) is 0.654. The number of nitrogens with zero attached hydrogens (tertiary/aromatic N) is 1. The largest absolute Gasteiger partial charge is 0.444 e. The summed E-state index contributed by atoms with van der Waals surface area (Å²) in [7, 11) is 0. The fourth-order valence-corrected chi connectivity index (χ4v) is 3.51. The number of aliphatic hydroxyl groups excluding tert-OH is 1. The van der Waals surface area contributed by atoms with Gasteiger partial charge in [0.05, 0.1) is 6.61 Å². The van der Waals surface area contributed by atoms with Gasteiger partial charge in [0.1, 0.15) is 17.7 Å². The van der Waals surface area contributed by atoms with Gasteiger partial charge in [-0.25, -0.2) is 4.79 Å². The van der Waals surface area contributed by atoms with Crippen LogP contribution in [0.2, 0.25) is 0 Å². The molecule has 0 bridgehead atoms. The van der Waals surface area contributed by atoms with Crippen molar-refractivity contribution in [3.63, 3.8) is 0 Å². The van der Waals surface area contributed by atoms with Crippen molar-refractivity contribution in [2.75, 3.05) is 13.2 Å². The van der Waals surface area contributed by atoms with Crippen LogP contribution in [-0.4, -0.2) is 58.8 Å². The van der Waals surface area contributed by atoms with Crippen LogP contribution in [0.1, 0.15) is 84.9 Å². The highest BCUT2D eigenvalue weighted by Gasteiger charge is 2.36. The number of rotatable bonds is 12. The Kier molecular flexibility index (Phi) is 12.1. The van der Waals surface area contributed by atoms with Crippen LogP contribution in [-0.2, 0) is 20.7 Å². The maximum absolute atomic E-state index is 13.6. The van der Waals surface area contributed by atoms with Gasteiger partial charge in [-0.15, -0.1) is 0 Å². The molecule has 8 nitrogen and oxygen atoms in total. The lowest BCUT2D eigenvalue weighted by Gasteiger charge is -2.34. The number of hydrogen-bond acceptors (Lipinski definition) is 5. The topological polar surface area (TPSA) is 108 Å². The molecule has 8 heteroatoms. The SMILES string of the molecule is CCCCCN(C(=O)C(CO)NC(=O)OC(C)(C)C)C(C(=O)NC(C)C)c1ccc(CC)cc1. The van der Waals surface area contributed by atoms with Crippen molar-refractivity contribution in [2.45, 2.75) is 97.9 Å². The molecule has 0 aliphatic heterocycles. The van der Waals surface area contributed by atoms with E-state index in [1.54, 1.807) is 20.8 Å². The van der Waals surface area contributed by atoms with Crippen LogP contribution in [0.5, 0.6) is 0 Å². The molecule has 3 N–H and O–H groups in total. The highest BCUT2D eigenvalue weighted by molar-refractivity contribution is 5.92. The molecule has 2 atom stereocenters. The van der Waals surface area contributed by atoms with Gasteiger partial charge in [-0.1, -0.05) is 51.0 Å². The lowest BCUT2D eigenvalue weighted by Crippen LogP contribution is -2.55. The van der Waals surface area contributed by atoms with Crippen molar-refractivity contribution in [3.8, 4) is 0 Å². The minimum atomic E-state index is -1.24. The van der Waals surface area contributed by atoms with Gasteiger partial charge in [-0.2, -0.15) is 0 Å². The van der Waals surface area contributed by atoms with Crippen LogP contribution >= 0.6 is 0 Å². The average Bonchev–Trinajstić information content (AvgIpc) is 2.75. The summed E-state index contributed by atoms with van der Waals surface area (Å²) in [6.07, 6.45) is 2.56. The Hall–Kier alpha value is -2.61. The zero-order valence-corrected chi connectivity index (χ0v) is 21.8. The van der Waals surface area contributed by atoms with Crippen LogP contribution in [0.25, 0.3) is 0 Å². The van der Waals surface area contributed by atoms with Crippen LogP contribution in [0, 0.1) is 0 Å². The van der Waals surface area contributed by atoms with E-state index in [9.17, 15) is 19.5 Å². The smallest absolute Gasteiger partial charge is 0.408 e. The Labute approximate surface area is 204 Å². The predicted molar refractivity (Wildman–Crippen MR) is 133 cm³/mol. The third kappa shape index (κ3) is 9.71. The zero-order valence-electron chi connectivity index (χ0n) is 21.8. The predicted octanol–water partition coefficient (Wildman–Crippen LogP) is 3.72. The Morgan fingerprint density at radius 2 is 1.65 bits per heavy atom. The van der Waals surface area contributed by atoms with Crippen LogP contribution in [0.3, 0.4) is 0 Å². The van der Waals surface area contributed by atoms with E-state index in [0.29, 0.717) is 18.5 Å². The number of hydrogen-bond donors (Lipinski definition) is 3. The normalized spacial score (nSPS) is 13.2. The summed E-state index contributed by atoms with van der Waals surface area (Å²) in [6, 6.07) is 5.36. The zero-order chi connectivity index (χ0) is 25.9. The summed E-state index contributed by atoms with van der Waals surface area (Å²) in [5.74, 6) is -0.842. The second kappa shape index (κ2) is 13.9. The number of carbonyl (C=O) groups is 3. The molecule has 0 aromatic heterocycles. The molecule has 0 radical (unpaired) electrons. The molecule has 0 aliphatic carbocycles. The van der Waals surface area contributed by atoms with Gasteiger partial charge in [-0.3, -0.25) is 9.59 Å². The monoisotopic (exact) mass is 477 g/mol. The van der Waals surface area contributed by atoms with Gasteiger partial charge in [0.15, 0.2) is 0 Å². The van der Waals surface area contributed by atoms with Crippen molar-refractivity contribution in [1.82, 2.24) is 15.5 Å². The first-order chi connectivity index (χ1) is 15.9. The second-order valence-corrected chi connectivity index (χ2v) is 9.78. The van der Waals surface area contributed by atoms with Gasteiger partial charge in [0.25, 0.3) is 0 Å². The Morgan fingerprint density at radius 3 is 2.12 bits per heavy atom. The fourth-order valence-electron chi connectivity index (χ4n) is 3.51. The van der Waals surface area contributed by atoms with E-state index >= 15 is 0 Å². The highest BCUT2D eigenvalue weighted by atomic mass is 16.6. The first kappa shape index (κ1) is 29.4. The number of ether oxygens (including phenoxy) is 1. The molecule has 0 heterocycles. The van der Waals surface area contributed by atoms with E-state index in [1.807, 2.05) is 45.0 Å². The standard InChI is InChI=1S/C26H43N3O5/c1-8-10-11-16-29(24(32)21(17-30)28-25(33)34-26(5,6)7)22(23(31)27-18(3)4)20-14-12-19(9-2)13-15-20/h12-15,18,21-22,30H,8-11,16-17H2,1-7H3,(H,27,31)(H,28,33). The minimum absolute atomic E-state index is 0.119. The van der Waals surface area contributed by atoms with Crippen molar-refractivity contribution < 1.29 is 24.2 Å². The summed E-state index contributed by atoms with van der Waals surface area (Å²) in [5.41, 5.74) is 1.04. The molecule has 2 unspecified atom stereocenters. The molecule has 1 rings (SSSR count). The summed E-state index contributed by atoms with van der Waals surface area (Å²) >= 11 is 0. The summed E-state index contributed by atoms with van der Waals surface area (Å²) in [6.45, 7) is 12.7. The molecule has 1 aromatic rings. The number of unbranched alkanes of at least 4 members (excludes halogenated alkanes) is 2. The number of alkyl carbamates (subject to hydrolysis) is 1. The number of carbonyl (C=O) groups excluding carboxylic acids is 3. The first-order valence-corrected chi connectivity index (χ1v) is 12.2. The van der Waals surface area contributed by atoms with E-state index in [1.165, 1.54) is 4.90 Å². The molecule has 0 spiro atoms.